The Morgan fingerprint density at radius 3 is 2.10 bits per heavy atom. The number of nitrogens with two attached hydrogens (primary N) is 1. The molecule has 0 spiro atoms. The highest BCUT2D eigenvalue weighted by Gasteiger charge is 2.40. The average Bonchev–Trinajstić information content (AvgIpc) is 2.60. The van der Waals surface area contributed by atoms with Gasteiger partial charge in [0.15, 0.2) is 0 Å². The van der Waals surface area contributed by atoms with E-state index in [0.29, 0.717) is 44.3 Å². The van der Waals surface area contributed by atoms with Crippen LogP contribution in [0.2, 0.25) is 0 Å². The normalized spacial score (nSPS) is 17.3. The van der Waals surface area contributed by atoms with Crippen LogP contribution in [0, 0.1) is 5.92 Å². The Kier molecular flexibility index (Phi) is 4.96. The lowest BCUT2D eigenvalue weighted by atomic mass is 9.91. The molecule has 30 heavy (non-hydrogen) atoms. The van der Waals surface area contributed by atoms with E-state index in [4.69, 9.17) is 10.5 Å². The molecule has 0 bridgehead atoms. The molecule has 2 aliphatic heterocycles. The van der Waals surface area contributed by atoms with Crippen LogP contribution in [-0.4, -0.2) is 57.9 Å². The highest BCUT2D eigenvalue weighted by atomic mass is 19.4. The van der Waals surface area contributed by atoms with Gasteiger partial charge in [-0.05, 0) is 17.7 Å². The van der Waals surface area contributed by atoms with E-state index in [-0.39, 0.29) is 29.8 Å². The Bertz CT molecular complexity index is 937. The van der Waals surface area contributed by atoms with E-state index in [2.05, 4.69) is 9.97 Å². The number of hydrogen-bond donors (Lipinski definition) is 1. The van der Waals surface area contributed by atoms with E-state index in [1.54, 1.807) is 21.9 Å². The monoisotopic (exact) mass is 421 g/mol. The van der Waals surface area contributed by atoms with Gasteiger partial charge in [-0.15, -0.1) is 0 Å². The summed E-state index contributed by atoms with van der Waals surface area (Å²) in [7, 11) is 0. The molecule has 0 saturated carbocycles. The van der Waals surface area contributed by atoms with Gasteiger partial charge < -0.3 is 20.3 Å². The van der Waals surface area contributed by atoms with Gasteiger partial charge in [-0.25, -0.2) is 14.8 Å². The van der Waals surface area contributed by atoms with Crippen molar-refractivity contribution in [2.75, 3.05) is 26.2 Å². The molecule has 4 rings (SSSR count). The lowest BCUT2D eigenvalue weighted by molar-refractivity contribution is -0.138. The second-order valence-electron chi connectivity index (χ2n) is 7.31. The number of aromatic nitrogens is 2. The Labute approximate surface area is 169 Å². The summed E-state index contributed by atoms with van der Waals surface area (Å²) in [5.74, 6) is -0.0703. The number of carbonyl (C=O) groups excluding carboxylic acids is 2. The van der Waals surface area contributed by atoms with Crippen LogP contribution in [0.3, 0.4) is 0 Å². The smallest absolute Gasteiger partial charge is 0.419 e. The van der Waals surface area contributed by atoms with Gasteiger partial charge in [-0.2, -0.15) is 13.2 Å². The summed E-state index contributed by atoms with van der Waals surface area (Å²) in [6.07, 6.45) is -3.17. The molecule has 0 atom stereocenters. The summed E-state index contributed by atoms with van der Waals surface area (Å²) in [6, 6.07) is 6.74. The maximum absolute atomic E-state index is 12.5. The zero-order valence-electron chi connectivity index (χ0n) is 15.7. The molecule has 2 saturated heterocycles. The molecule has 0 unspecified atom stereocenters. The Balaban J connectivity index is 1.28. The van der Waals surface area contributed by atoms with Crippen LogP contribution in [0.4, 0.5) is 18.0 Å². The predicted octanol–water partition coefficient (Wildman–Crippen LogP) is 2.22. The minimum atomic E-state index is -4.50. The first-order valence-electron chi connectivity index (χ1n) is 9.21. The minimum Gasteiger partial charge on any atom is -0.424 e. The Morgan fingerprint density at radius 2 is 1.57 bits per heavy atom. The van der Waals surface area contributed by atoms with Gasteiger partial charge in [0.2, 0.25) is 5.91 Å². The molecule has 1 aromatic heterocycles. The second kappa shape index (κ2) is 7.47. The SMILES string of the molecule is NC(=O)C1CN(C(=O)N2CC(c3ccc(Oc4ncc(C(F)(F)F)cn4)cc3)C2)C1. The summed E-state index contributed by atoms with van der Waals surface area (Å²) in [6.45, 7) is 1.87. The molecule has 0 aliphatic carbocycles. The van der Waals surface area contributed by atoms with Crippen molar-refractivity contribution in [2.24, 2.45) is 11.7 Å². The fourth-order valence-corrected chi connectivity index (χ4v) is 3.29. The van der Waals surface area contributed by atoms with Crippen molar-refractivity contribution in [3.8, 4) is 11.8 Å². The van der Waals surface area contributed by atoms with Crippen LogP contribution in [0.1, 0.15) is 17.0 Å². The van der Waals surface area contributed by atoms with Gasteiger partial charge in [-0.1, -0.05) is 12.1 Å². The maximum atomic E-state index is 12.5. The molecule has 2 fully saturated rings. The number of hydrogen-bond acceptors (Lipinski definition) is 5. The van der Waals surface area contributed by atoms with Crippen molar-refractivity contribution >= 4 is 11.9 Å². The van der Waals surface area contributed by atoms with Gasteiger partial charge in [0.25, 0.3) is 0 Å². The number of ether oxygens (including phenoxy) is 1. The summed E-state index contributed by atoms with van der Waals surface area (Å²) in [4.78, 5) is 33.8. The summed E-state index contributed by atoms with van der Waals surface area (Å²) in [5.41, 5.74) is 5.28. The Hall–Kier alpha value is -3.37. The van der Waals surface area contributed by atoms with Crippen LogP contribution in [0.15, 0.2) is 36.7 Å². The second-order valence-corrected chi connectivity index (χ2v) is 7.31. The van der Waals surface area contributed by atoms with Gasteiger partial charge in [0.1, 0.15) is 5.75 Å². The average molecular weight is 421 g/mol. The van der Waals surface area contributed by atoms with Crippen molar-refractivity contribution < 1.29 is 27.5 Å². The van der Waals surface area contributed by atoms with E-state index in [1.165, 1.54) is 0 Å². The molecule has 2 N–H and O–H groups in total. The fourth-order valence-electron chi connectivity index (χ4n) is 3.29. The molecule has 158 valence electrons. The van der Waals surface area contributed by atoms with Gasteiger partial charge in [0.05, 0.1) is 11.5 Å². The summed E-state index contributed by atoms with van der Waals surface area (Å²) < 4.78 is 43.0. The minimum absolute atomic E-state index is 0.0943. The van der Waals surface area contributed by atoms with Crippen LogP contribution in [0.25, 0.3) is 0 Å². The number of urea groups is 1. The van der Waals surface area contributed by atoms with E-state index in [0.717, 1.165) is 5.56 Å². The number of carbonyl (C=O) groups is 2. The van der Waals surface area contributed by atoms with Crippen LogP contribution in [0.5, 0.6) is 11.8 Å². The summed E-state index contributed by atoms with van der Waals surface area (Å²) >= 11 is 0. The largest absolute Gasteiger partial charge is 0.424 e. The van der Waals surface area contributed by atoms with Crippen LogP contribution >= 0.6 is 0 Å². The molecule has 3 amide bonds. The zero-order chi connectivity index (χ0) is 21.5. The molecular weight excluding hydrogens is 403 g/mol. The number of amides is 3. The molecule has 2 aromatic rings. The molecule has 2 aliphatic rings. The quantitative estimate of drug-likeness (QED) is 0.816. The van der Waals surface area contributed by atoms with Crippen LogP contribution < -0.4 is 10.5 Å². The Morgan fingerprint density at radius 1 is 1.00 bits per heavy atom. The third kappa shape index (κ3) is 4.00. The van der Waals surface area contributed by atoms with Crippen molar-refractivity contribution in [3.05, 3.63) is 47.8 Å². The topological polar surface area (TPSA) is 102 Å². The van der Waals surface area contributed by atoms with E-state index in [9.17, 15) is 22.8 Å². The molecule has 8 nitrogen and oxygen atoms in total. The molecule has 3 heterocycles. The van der Waals surface area contributed by atoms with Crippen molar-refractivity contribution in [1.82, 2.24) is 19.8 Å². The standard InChI is InChI=1S/C19H18F3N5O3/c20-19(21,22)14-5-24-17(25-6-14)30-15-3-1-11(2-4-15)12-7-26(8-12)18(29)27-9-13(10-27)16(23)28/h1-6,12-13H,7-10H2,(H2,23,28). The van der Waals surface area contributed by atoms with Crippen molar-refractivity contribution in [1.29, 1.82) is 0 Å². The van der Waals surface area contributed by atoms with Crippen molar-refractivity contribution in [3.63, 3.8) is 0 Å². The lowest BCUT2D eigenvalue weighted by Crippen LogP contribution is -2.61. The third-order valence-corrected chi connectivity index (χ3v) is 5.22. The number of benzene rings is 1. The number of halogens is 3. The molecule has 0 radical (unpaired) electrons. The molecular formula is C19H18F3N5O3. The first-order chi connectivity index (χ1) is 14.2. The van der Waals surface area contributed by atoms with Crippen molar-refractivity contribution in [2.45, 2.75) is 12.1 Å². The predicted molar refractivity (Wildman–Crippen MR) is 97.5 cm³/mol. The highest BCUT2D eigenvalue weighted by Crippen LogP contribution is 2.32. The van der Waals surface area contributed by atoms with Crippen LogP contribution in [-0.2, 0) is 11.0 Å². The molecule has 11 heteroatoms. The van der Waals surface area contributed by atoms with E-state index < -0.39 is 11.7 Å². The number of primary amides is 1. The van der Waals surface area contributed by atoms with Gasteiger partial charge in [-0.3, -0.25) is 4.79 Å². The first-order valence-corrected chi connectivity index (χ1v) is 9.21. The van der Waals surface area contributed by atoms with E-state index >= 15 is 0 Å². The number of rotatable bonds is 4. The zero-order valence-corrected chi connectivity index (χ0v) is 15.7. The number of likely N-dealkylation sites (tertiary alicyclic amines) is 2. The molecule has 1 aromatic carbocycles. The lowest BCUT2D eigenvalue weighted by Gasteiger charge is -2.46. The number of nitrogens with zero attached hydrogens (tertiary/aromatic N) is 4. The van der Waals surface area contributed by atoms with Gasteiger partial charge >= 0.3 is 18.2 Å². The first kappa shape index (κ1) is 19.9. The van der Waals surface area contributed by atoms with Gasteiger partial charge in [0, 0.05) is 44.5 Å². The van der Waals surface area contributed by atoms with E-state index in [1.807, 2.05) is 12.1 Å². The maximum Gasteiger partial charge on any atom is 0.419 e. The fraction of sp³-hybridized carbons (Fsp3) is 0.368. The highest BCUT2D eigenvalue weighted by molar-refractivity contribution is 5.83. The third-order valence-electron chi connectivity index (χ3n) is 5.22. The summed E-state index contributed by atoms with van der Waals surface area (Å²) in [5, 5.41) is 0. The number of alkyl halides is 3.